The average molecular weight is 485 g/mol. The standard InChI is InChI=1S/C25H21BrN6/c1-16-12-18(17(2)31(16)21-10-8-20(26)9-11-21)13-19(14-27)24-23(15-28)25(29)32(30-24)22-6-4-3-5-7-22/h3-13,23,25H,29H2,1-2H3/b19-13-/t23-,25-/m0/s1. The summed E-state index contributed by atoms with van der Waals surface area (Å²) >= 11 is 3.47. The molecule has 2 aromatic carbocycles. The Balaban J connectivity index is 1.76. The second-order valence-corrected chi connectivity index (χ2v) is 8.49. The Labute approximate surface area is 195 Å². The molecule has 0 saturated carbocycles. The molecule has 0 fully saturated rings. The minimum absolute atomic E-state index is 0.335. The highest BCUT2D eigenvalue weighted by Gasteiger charge is 2.37. The van der Waals surface area contributed by atoms with Crippen molar-refractivity contribution in [3.63, 3.8) is 0 Å². The molecule has 1 aliphatic rings. The molecule has 6 nitrogen and oxygen atoms in total. The van der Waals surface area contributed by atoms with Crippen LogP contribution < -0.4 is 10.7 Å². The van der Waals surface area contributed by atoms with E-state index in [1.54, 1.807) is 11.1 Å². The van der Waals surface area contributed by atoms with Crippen LogP contribution >= 0.6 is 15.9 Å². The Hall–Kier alpha value is -3.65. The Morgan fingerprint density at radius 3 is 2.38 bits per heavy atom. The monoisotopic (exact) mass is 484 g/mol. The van der Waals surface area contributed by atoms with Crippen molar-refractivity contribution in [1.29, 1.82) is 10.5 Å². The van der Waals surface area contributed by atoms with Gasteiger partial charge in [0.25, 0.3) is 0 Å². The molecule has 1 aromatic heterocycles. The fraction of sp³-hybridized carbons (Fsp3) is 0.160. The zero-order valence-electron chi connectivity index (χ0n) is 17.7. The lowest BCUT2D eigenvalue weighted by atomic mass is 9.95. The summed E-state index contributed by atoms with van der Waals surface area (Å²) in [5.41, 5.74) is 11.8. The number of nitrogens with two attached hydrogens (primary N) is 1. The molecule has 0 aliphatic carbocycles. The van der Waals surface area contributed by atoms with Gasteiger partial charge in [0.2, 0.25) is 0 Å². The third kappa shape index (κ3) is 3.85. The zero-order valence-corrected chi connectivity index (χ0v) is 19.3. The van der Waals surface area contributed by atoms with Crippen molar-refractivity contribution in [3.05, 3.63) is 87.7 Å². The highest BCUT2D eigenvalue weighted by Crippen LogP contribution is 2.30. The average Bonchev–Trinajstić information content (AvgIpc) is 3.28. The van der Waals surface area contributed by atoms with Gasteiger partial charge in [0.05, 0.1) is 23.0 Å². The van der Waals surface area contributed by atoms with E-state index >= 15 is 0 Å². The van der Waals surface area contributed by atoms with E-state index in [4.69, 9.17) is 5.73 Å². The first kappa shape index (κ1) is 21.6. The third-order valence-electron chi connectivity index (χ3n) is 5.55. The van der Waals surface area contributed by atoms with Crippen LogP contribution in [0.5, 0.6) is 0 Å². The van der Waals surface area contributed by atoms with Crippen LogP contribution in [0.3, 0.4) is 0 Å². The number of anilines is 1. The van der Waals surface area contributed by atoms with Crippen LogP contribution in [0.15, 0.2) is 75.8 Å². The first-order valence-corrected chi connectivity index (χ1v) is 10.9. The molecule has 3 aromatic rings. The number of rotatable bonds is 4. The molecule has 0 amide bonds. The fourth-order valence-electron chi connectivity index (χ4n) is 3.96. The smallest absolute Gasteiger partial charge is 0.127 e. The molecule has 2 atom stereocenters. The molecule has 0 unspecified atom stereocenters. The zero-order chi connectivity index (χ0) is 22.8. The minimum Gasteiger partial charge on any atom is -0.318 e. The summed E-state index contributed by atoms with van der Waals surface area (Å²) in [4.78, 5) is 0. The number of halogens is 1. The van der Waals surface area contributed by atoms with Crippen molar-refractivity contribution in [1.82, 2.24) is 4.57 Å². The first-order valence-electron chi connectivity index (χ1n) is 10.1. The Morgan fingerprint density at radius 1 is 1.06 bits per heavy atom. The Bertz CT molecular complexity index is 1290. The first-order chi connectivity index (χ1) is 15.4. The number of nitriles is 2. The summed E-state index contributed by atoms with van der Waals surface area (Å²) in [5, 5.41) is 25.9. The van der Waals surface area contributed by atoms with E-state index in [0.29, 0.717) is 11.3 Å². The molecule has 7 heteroatoms. The number of allylic oxidation sites excluding steroid dienone is 1. The largest absolute Gasteiger partial charge is 0.318 e. The Kier molecular flexibility index (Phi) is 5.96. The molecule has 2 N–H and O–H groups in total. The molecule has 4 rings (SSSR count). The lowest BCUT2D eigenvalue weighted by molar-refractivity contribution is 0.624. The number of hydrazone groups is 1. The summed E-state index contributed by atoms with van der Waals surface area (Å²) in [6.07, 6.45) is 1.13. The topological polar surface area (TPSA) is 94.1 Å². The summed E-state index contributed by atoms with van der Waals surface area (Å²) < 4.78 is 3.14. The third-order valence-corrected chi connectivity index (χ3v) is 6.07. The van der Waals surface area contributed by atoms with Gasteiger partial charge in [-0.25, -0.2) is 5.01 Å². The lowest BCUT2D eigenvalue weighted by Crippen LogP contribution is -2.40. The number of hydrogen-bond donors (Lipinski definition) is 1. The van der Waals surface area contributed by atoms with E-state index in [-0.39, 0.29) is 0 Å². The maximum Gasteiger partial charge on any atom is 0.127 e. The molecule has 0 bridgehead atoms. The van der Waals surface area contributed by atoms with E-state index in [1.807, 2.05) is 74.5 Å². The quantitative estimate of drug-likeness (QED) is 0.523. The summed E-state index contributed by atoms with van der Waals surface area (Å²) in [6, 6.07) is 24.0. The van der Waals surface area contributed by atoms with Gasteiger partial charge < -0.3 is 10.3 Å². The van der Waals surface area contributed by atoms with Gasteiger partial charge >= 0.3 is 0 Å². The van der Waals surface area contributed by atoms with Crippen LogP contribution in [-0.4, -0.2) is 16.4 Å². The van der Waals surface area contributed by atoms with Crippen molar-refractivity contribution >= 4 is 33.4 Å². The summed E-state index contributed by atoms with van der Waals surface area (Å²) in [6.45, 7) is 4.03. The highest BCUT2D eigenvalue weighted by atomic mass is 79.9. The minimum atomic E-state index is -0.712. The van der Waals surface area contributed by atoms with Crippen molar-refractivity contribution < 1.29 is 0 Å². The summed E-state index contributed by atoms with van der Waals surface area (Å²) in [5.74, 6) is -0.712. The number of aromatic nitrogens is 1. The highest BCUT2D eigenvalue weighted by molar-refractivity contribution is 9.10. The second kappa shape index (κ2) is 8.84. The van der Waals surface area contributed by atoms with Crippen molar-refractivity contribution in [2.75, 3.05) is 5.01 Å². The SMILES string of the molecule is Cc1cc(/C=C(/C#N)C2=NN(c3ccccc3)[C@H](N)[C@H]2C#N)c(C)n1-c1ccc(Br)cc1. The fourth-order valence-corrected chi connectivity index (χ4v) is 4.22. The van der Waals surface area contributed by atoms with E-state index in [0.717, 1.165) is 32.8 Å². The van der Waals surface area contributed by atoms with Crippen molar-refractivity contribution in [2.45, 2.75) is 20.0 Å². The number of para-hydroxylation sites is 1. The molecule has 32 heavy (non-hydrogen) atoms. The number of nitrogens with zero attached hydrogens (tertiary/aromatic N) is 5. The maximum absolute atomic E-state index is 9.94. The van der Waals surface area contributed by atoms with Gasteiger partial charge in [0.1, 0.15) is 18.2 Å². The molecular formula is C25H21BrN6. The molecule has 1 aliphatic heterocycles. The van der Waals surface area contributed by atoms with Gasteiger partial charge in [-0.15, -0.1) is 0 Å². The van der Waals surface area contributed by atoms with Gasteiger partial charge in [0, 0.05) is 21.5 Å². The molecular weight excluding hydrogens is 464 g/mol. The number of aryl methyl sites for hydroxylation is 1. The van der Waals surface area contributed by atoms with Gasteiger partial charge in [-0.1, -0.05) is 34.1 Å². The molecule has 0 radical (unpaired) electrons. The van der Waals surface area contributed by atoms with Crippen LogP contribution in [0.2, 0.25) is 0 Å². The van der Waals surface area contributed by atoms with Gasteiger partial charge in [0.15, 0.2) is 0 Å². The molecule has 158 valence electrons. The number of hydrogen-bond acceptors (Lipinski definition) is 5. The van der Waals surface area contributed by atoms with Gasteiger partial charge in [-0.3, -0.25) is 0 Å². The van der Waals surface area contributed by atoms with Crippen LogP contribution in [0.4, 0.5) is 5.69 Å². The van der Waals surface area contributed by atoms with E-state index in [9.17, 15) is 10.5 Å². The van der Waals surface area contributed by atoms with Crippen LogP contribution in [0.25, 0.3) is 11.8 Å². The van der Waals surface area contributed by atoms with E-state index in [1.165, 1.54) is 0 Å². The second-order valence-electron chi connectivity index (χ2n) is 7.57. The van der Waals surface area contributed by atoms with Crippen molar-refractivity contribution in [3.8, 4) is 17.8 Å². The predicted molar refractivity (Wildman–Crippen MR) is 130 cm³/mol. The van der Waals surface area contributed by atoms with Crippen LogP contribution in [-0.2, 0) is 0 Å². The normalized spacial score (nSPS) is 18.2. The van der Waals surface area contributed by atoms with Gasteiger partial charge in [-0.2, -0.15) is 15.6 Å². The molecule has 0 spiro atoms. The van der Waals surface area contributed by atoms with Gasteiger partial charge in [-0.05, 0) is 68.0 Å². The lowest BCUT2D eigenvalue weighted by Gasteiger charge is -2.21. The number of benzene rings is 2. The van der Waals surface area contributed by atoms with Crippen LogP contribution in [0.1, 0.15) is 17.0 Å². The van der Waals surface area contributed by atoms with Crippen LogP contribution in [0, 0.1) is 42.4 Å². The maximum atomic E-state index is 9.94. The van der Waals surface area contributed by atoms with E-state index < -0.39 is 12.1 Å². The Morgan fingerprint density at radius 2 is 1.75 bits per heavy atom. The van der Waals surface area contributed by atoms with E-state index in [2.05, 4.69) is 37.7 Å². The molecule has 0 saturated heterocycles. The molecule has 2 heterocycles. The predicted octanol–water partition coefficient (Wildman–Crippen LogP) is 5.06. The summed E-state index contributed by atoms with van der Waals surface area (Å²) in [7, 11) is 0. The van der Waals surface area contributed by atoms with Crippen molar-refractivity contribution in [2.24, 2.45) is 16.8 Å².